The lowest BCUT2D eigenvalue weighted by molar-refractivity contribution is 0.575. The zero-order valence-corrected chi connectivity index (χ0v) is 34.0. The molecule has 0 spiro atoms. The highest BCUT2D eigenvalue weighted by Crippen LogP contribution is 2.50. The normalized spacial score (nSPS) is 19.4. The van der Waals surface area contributed by atoms with Crippen molar-refractivity contribution in [2.24, 2.45) is 11.8 Å². The Labute approximate surface area is 339 Å². The van der Waals surface area contributed by atoms with E-state index in [9.17, 15) is 0 Å². The molecule has 0 N–H and O–H groups in total. The summed E-state index contributed by atoms with van der Waals surface area (Å²) in [7, 11) is 2.18. The van der Waals surface area contributed by atoms with Crippen molar-refractivity contribution >= 4 is 73.5 Å². The molecule has 10 rings (SSSR count). The Bertz CT molecular complexity index is 2340. The number of hydrogen-bond acceptors (Lipinski definition) is 7. The summed E-state index contributed by atoms with van der Waals surface area (Å²) in [6.07, 6.45) is 25.8. The van der Waals surface area contributed by atoms with Crippen molar-refractivity contribution in [1.82, 2.24) is 4.90 Å². The number of allylic oxidation sites excluding steroid dienone is 10. The van der Waals surface area contributed by atoms with Gasteiger partial charge in [0.1, 0.15) is 5.00 Å². The van der Waals surface area contributed by atoms with E-state index in [4.69, 9.17) is 0 Å². The number of para-hydroxylation sites is 2. The van der Waals surface area contributed by atoms with Gasteiger partial charge in [-0.05, 0) is 116 Å². The van der Waals surface area contributed by atoms with Crippen molar-refractivity contribution in [3.63, 3.8) is 0 Å². The molecule has 54 heavy (non-hydrogen) atoms. The van der Waals surface area contributed by atoms with Gasteiger partial charge < -0.3 is 9.80 Å². The Morgan fingerprint density at radius 3 is 1.78 bits per heavy atom. The molecule has 6 aromatic rings. The van der Waals surface area contributed by atoms with Crippen LogP contribution in [0.25, 0.3) is 29.3 Å². The average Bonchev–Trinajstić information content (AvgIpc) is 3.86. The van der Waals surface area contributed by atoms with E-state index in [1.807, 2.05) is 57.1 Å². The molecule has 0 bridgehead atoms. The average molecular weight is 793 g/mol. The quantitative estimate of drug-likeness (QED) is 0.144. The molecule has 268 valence electrons. The lowest BCUT2D eigenvalue weighted by Gasteiger charge is -2.23. The number of likely N-dealkylation sites (N-methyl/N-ethyl adjacent to an activating group) is 1. The van der Waals surface area contributed by atoms with Gasteiger partial charge >= 0.3 is 0 Å². The molecule has 3 aliphatic carbocycles. The van der Waals surface area contributed by atoms with Crippen LogP contribution in [0.1, 0.15) is 29.4 Å². The summed E-state index contributed by atoms with van der Waals surface area (Å²) in [5.74, 6) is 1.87. The number of benzene rings is 2. The molecule has 1 saturated carbocycles. The van der Waals surface area contributed by atoms with Crippen LogP contribution >= 0.6 is 57.1 Å². The molecule has 2 aromatic carbocycles. The Hall–Kier alpha value is -4.37. The predicted octanol–water partition coefficient (Wildman–Crippen LogP) is 15.5. The summed E-state index contributed by atoms with van der Waals surface area (Å²) in [6, 6.07) is 39.6. The lowest BCUT2D eigenvalue weighted by Crippen LogP contribution is -2.12. The van der Waals surface area contributed by atoms with Crippen LogP contribution < -0.4 is 4.90 Å². The number of rotatable bonds is 9. The maximum Gasteiger partial charge on any atom is 0.101 e. The molecule has 4 aliphatic rings. The first kappa shape index (κ1) is 35.3. The number of anilines is 3. The van der Waals surface area contributed by atoms with Crippen LogP contribution in [0.4, 0.5) is 16.4 Å². The largest absolute Gasteiger partial charge is 0.340 e. The summed E-state index contributed by atoms with van der Waals surface area (Å²) in [5, 5.41) is 3.03. The van der Waals surface area contributed by atoms with Crippen LogP contribution in [0.5, 0.6) is 0 Å². The third kappa shape index (κ3) is 7.88. The molecule has 1 fully saturated rings. The second kappa shape index (κ2) is 16.2. The Morgan fingerprint density at radius 1 is 0.574 bits per heavy atom. The standard InChI is InChI=1S/C40H32N2S5.C7H8/c1-41(28-12-6-2-3-7-13-28)39-26-24-37(46-39)35-22-20-33(44-35)31-18-19-32(43-31)34-21-23-36(45-34)38-25-27-40(47-38)42(29-14-8-4-9-15-29)30-16-10-5-11-17-30;1-2-4-7-5-6(7)3-1/h2,4-23,25-27,37H,3,24H2,1H3;1-4,6-7H,5H2. The van der Waals surface area contributed by atoms with Crippen molar-refractivity contribution in [2.75, 3.05) is 11.9 Å². The van der Waals surface area contributed by atoms with Gasteiger partial charge in [0.2, 0.25) is 0 Å². The molecule has 0 radical (unpaired) electrons. The Balaban J connectivity index is 0.000000489. The third-order valence-corrected chi connectivity index (χ3v) is 16.5. The third-order valence-electron chi connectivity index (χ3n) is 9.90. The topological polar surface area (TPSA) is 6.48 Å². The summed E-state index contributed by atoms with van der Waals surface area (Å²) >= 11 is 9.56. The van der Waals surface area contributed by atoms with Gasteiger partial charge in [0.25, 0.3) is 0 Å². The molecule has 3 unspecified atom stereocenters. The predicted molar refractivity (Wildman–Crippen MR) is 241 cm³/mol. The fourth-order valence-electron chi connectivity index (χ4n) is 6.85. The first-order valence-corrected chi connectivity index (χ1v) is 22.6. The zero-order valence-electron chi connectivity index (χ0n) is 30.0. The van der Waals surface area contributed by atoms with Gasteiger partial charge in [-0.25, -0.2) is 0 Å². The number of nitrogens with zero attached hydrogens (tertiary/aromatic N) is 2. The maximum atomic E-state index is 2.40. The minimum absolute atomic E-state index is 0.478. The van der Waals surface area contributed by atoms with Crippen molar-refractivity contribution in [2.45, 2.75) is 24.5 Å². The number of thiophene rings is 4. The molecule has 0 saturated heterocycles. The lowest BCUT2D eigenvalue weighted by atomic mass is 10.2. The van der Waals surface area contributed by atoms with Crippen LogP contribution in [0.2, 0.25) is 0 Å². The molecule has 4 aromatic heterocycles. The molecule has 1 aliphatic heterocycles. The van der Waals surface area contributed by atoms with Gasteiger partial charge in [-0.1, -0.05) is 96.8 Å². The van der Waals surface area contributed by atoms with Crippen molar-refractivity contribution in [3.8, 4) is 29.3 Å². The van der Waals surface area contributed by atoms with Crippen LogP contribution in [-0.2, 0) is 0 Å². The number of hydrogen-bond donors (Lipinski definition) is 0. The van der Waals surface area contributed by atoms with E-state index in [0.29, 0.717) is 5.25 Å². The Morgan fingerprint density at radius 2 is 1.15 bits per heavy atom. The van der Waals surface area contributed by atoms with E-state index >= 15 is 0 Å². The highest BCUT2D eigenvalue weighted by molar-refractivity contribution is 8.03. The summed E-state index contributed by atoms with van der Waals surface area (Å²) < 4.78 is 0. The molecule has 3 atom stereocenters. The van der Waals surface area contributed by atoms with E-state index in [1.54, 1.807) is 0 Å². The smallest absolute Gasteiger partial charge is 0.101 e. The molecular formula is C47H40N2S5. The molecule has 2 nitrogen and oxygen atoms in total. The van der Waals surface area contributed by atoms with E-state index in [0.717, 1.165) is 24.7 Å². The Kier molecular flexibility index (Phi) is 10.6. The maximum absolute atomic E-state index is 2.40. The van der Waals surface area contributed by atoms with Gasteiger partial charge in [-0.2, -0.15) is 0 Å². The van der Waals surface area contributed by atoms with Gasteiger partial charge in [-0.3, -0.25) is 0 Å². The number of thioether (sulfide) groups is 1. The van der Waals surface area contributed by atoms with E-state index < -0.39 is 0 Å². The molecule has 5 heterocycles. The summed E-state index contributed by atoms with van der Waals surface area (Å²) in [6.45, 7) is 0. The van der Waals surface area contributed by atoms with Gasteiger partial charge in [-0.15, -0.1) is 45.3 Å². The summed E-state index contributed by atoms with van der Waals surface area (Å²) in [5.41, 5.74) is 3.58. The first-order chi connectivity index (χ1) is 26.7. The fraction of sp³-hybridized carbons (Fsp3) is 0.149. The first-order valence-electron chi connectivity index (χ1n) is 18.5. The highest BCUT2D eigenvalue weighted by Gasteiger charge is 2.33. The second-order valence-corrected chi connectivity index (χ2v) is 19.2. The summed E-state index contributed by atoms with van der Waals surface area (Å²) in [4.78, 5) is 14.1. The van der Waals surface area contributed by atoms with E-state index in [2.05, 4.69) is 187 Å². The van der Waals surface area contributed by atoms with Crippen LogP contribution in [0.3, 0.4) is 0 Å². The van der Waals surface area contributed by atoms with Crippen molar-refractivity contribution in [3.05, 3.63) is 186 Å². The minimum Gasteiger partial charge on any atom is -0.340 e. The van der Waals surface area contributed by atoms with Crippen molar-refractivity contribution in [1.29, 1.82) is 0 Å². The van der Waals surface area contributed by atoms with Crippen molar-refractivity contribution < 1.29 is 0 Å². The van der Waals surface area contributed by atoms with E-state index in [-0.39, 0.29) is 0 Å². The minimum atomic E-state index is 0.478. The van der Waals surface area contributed by atoms with Crippen LogP contribution in [-0.4, -0.2) is 11.9 Å². The highest BCUT2D eigenvalue weighted by atomic mass is 32.2. The molecule has 0 amide bonds. The van der Waals surface area contributed by atoms with Gasteiger partial charge in [0.05, 0.1) is 5.03 Å². The van der Waals surface area contributed by atoms with Crippen LogP contribution in [0, 0.1) is 11.8 Å². The fourth-order valence-corrected chi connectivity index (χ4v) is 12.6. The van der Waals surface area contributed by atoms with E-state index in [1.165, 1.54) is 67.7 Å². The second-order valence-electron chi connectivity index (χ2n) is 13.6. The van der Waals surface area contributed by atoms with Crippen LogP contribution in [0.15, 0.2) is 181 Å². The molecular weight excluding hydrogens is 753 g/mol. The van der Waals surface area contributed by atoms with Gasteiger partial charge in [0, 0.05) is 63.5 Å². The molecule has 7 heteroatoms. The monoisotopic (exact) mass is 792 g/mol. The number of fused-ring (bicyclic) bond motifs is 1. The van der Waals surface area contributed by atoms with Gasteiger partial charge in [0.15, 0.2) is 0 Å². The SMILES string of the molecule is C1=CC2CC2C=C1.CN(C1=CC=CCC=C1)C1=CCC(c2ccc(-c3ccc(-c4ccc(-c5ccc(N(c6ccccc6)c6ccccc6)s5)s4)s3)s2)S1. The zero-order chi connectivity index (χ0) is 36.3.